The third-order valence-electron chi connectivity index (χ3n) is 5.78. The van der Waals surface area contributed by atoms with Gasteiger partial charge in [0.05, 0.1) is 5.56 Å². The van der Waals surface area contributed by atoms with Crippen molar-refractivity contribution >= 4 is 21.8 Å². The Balaban J connectivity index is 1.31. The lowest BCUT2D eigenvalue weighted by atomic mass is 9.89. The molecule has 1 saturated heterocycles. The highest BCUT2D eigenvalue weighted by Crippen LogP contribution is 2.31. The van der Waals surface area contributed by atoms with Gasteiger partial charge in [0, 0.05) is 16.6 Å². The maximum atomic E-state index is 12.9. The molecule has 1 aliphatic heterocycles. The highest BCUT2D eigenvalue weighted by Gasteiger charge is 2.30. The van der Waals surface area contributed by atoms with E-state index in [9.17, 15) is 18.0 Å². The van der Waals surface area contributed by atoms with E-state index in [0.717, 1.165) is 61.4 Å². The first-order valence-corrected chi connectivity index (χ1v) is 11.5. The largest absolute Gasteiger partial charge is 0.416 e. The van der Waals surface area contributed by atoms with Gasteiger partial charge in [-0.2, -0.15) is 13.2 Å². The number of nitrogens with one attached hydrogen (secondary N) is 1. The first-order chi connectivity index (χ1) is 14.8. The number of unbranched alkanes of at least 4 members (excludes halogenated alkanes) is 1. The van der Waals surface area contributed by atoms with Crippen molar-refractivity contribution in [1.29, 1.82) is 0 Å². The molecular formula is C24H28BrF3N2O. The monoisotopic (exact) mass is 496 g/mol. The second-order valence-corrected chi connectivity index (χ2v) is 9.07. The molecule has 1 heterocycles. The fourth-order valence-corrected chi connectivity index (χ4v) is 4.25. The van der Waals surface area contributed by atoms with Crippen molar-refractivity contribution < 1.29 is 18.0 Å². The smallest absolute Gasteiger partial charge is 0.352 e. The molecule has 1 amide bonds. The van der Waals surface area contributed by atoms with E-state index >= 15 is 0 Å². The van der Waals surface area contributed by atoms with Crippen molar-refractivity contribution in [3.63, 3.8) is 0 Å². The Morgan fingerprint density at radius 1 is 1.06 bits per heavy atom. The fraction of sp³-hybridized carbons (Fsp3) is 0.458. The lowest BCUT2D eigenvalue weighted by Crippen LogP contribution is -2.35. The van der Waals surface area contributed by atoms with E-state index in [4.69, 9.17) is 0 Å². The maximum Gasteiger partial charge on any atom is 0.416 e. The quantitative estimate of drug-likeness (QED) is 0.459. The van der Waals surface area contributed by atoms with E-state index in [-0.39, 0.29) is 5.91 Å². The van der Waals surface area contributed by atoms with E-state index in [1.165, 1.54) is 12.1 Å². The minimum absolute atomic E-state index is 0.0529. The van der Waals surface area contributed by atoms with Crippen molar-refractivity contribution in [1.82, 2.24) is 10.2 Å². The first kappa shape index (κ1) is 23.8. The molecule has 7 heteroatoms. The number of carbonyl (C=O) groups excluding carboxylic acids is 1. The Kier molecular flexibility index (Phi) is 8.55. The molecule has 3 rings (SSSR count). The number of piperidine rings is 1. The van der Waals surface area contributed by atoms with Crippen LogP contribution in [-0.4, -0.2) is 37.0 Å². The van der Waals surface area contributed by atoms with Gasteiger partial charge in [-0.15, -0.1) is 0 Å². The predicted molar refractivity (Wildman–Crippen MR) is 120 cm³/mol. The molecule has 0 saturated carbocycles. The molecule has 0 bridgehead atoms. The maximum absolute atomic E-state index is 12.9. The molecule has 0 unspecified atom stereocenters. The number of nitrogens with zero attached hydrogens (tertiary/aromatic N) is 1. The Morgan fingerprint density at radius 2 is 1.77 bits per heavy atom. The molecule has 0 atom stereocenters. The summed E-state index contributed by atoms with van der Waals surface area (Å²) in [6, 6.07) is 13.0. The van der Waals surface area contributed by atoms with Crippen LogP contribution in [0.1, 0.15) is 47.2 Å². The van der Waals surface area contributed by atoms with Gasteiger partial charge < -0.3 is 10.2 Å². The van der Waals surface area contributed by atoms with Crippen LogP contribution in [-0.2, 0) is 12.6 Å². The van der Waals surface area contributed by atoms with Gasteiger partial charge in [0.15, 0.2) is 0 Å². The molecular weight excluding hydrogens is 469 g/mol. The van der Waals surface area contributed by atoms with Crippen LogP contribution in [0, 0.1) is 5.92 Å². The molecule has 0 spiro atoms. The van der Waals surface area contributed by atoms with E-state index < -0.39 is 11.7 Å². The predicted octanol–water partition coefficient (Wildman–Crippen LogP) is 5.93. The van der Waals surface area contributed by atoms with Gasteiger partial charge in [0.25, 0.3) is 5.91 Å². The van der Waals surface area contributed by atoms with Gasteiger partial charge in [-0.3, -0.25) is 4.79 Å². The molecule has 3 nitrogen and oxygen atoms in total. The first-order valence-electron chi connectivity index (χ1n) is 10.7. The lowest BCUT2D eigenvalue weighted by molar-refractivity contribution is -0.137. The molecule has 1 aliphatic rings. The second kappa shape index (κ2) is 11.1. The average Bonchev–Trinajstić information content (AvgIpc) is 2.74. The van der Waals surface area contributed by atoms with Gasteiger partial charge >= 0.3 is 6.18 Å². The van der Waals surface area contributed by atoms with E-state index in [1.807, 2.05) is 12.1 Å². The van der Waals surface area contributed by atoms with Crippen molar-refractivity contribution in [2.45, 2.75) is 38.3 Å². The second-order valence-electron chi connectivity index (χ2n) is 8.16. The number of hydrogen-bond donors (Lipinski definition) is 1. The number of benzene rings is 2. The summed E-state index contributed by atoms with van der Waals surface area (Å²) >= 11 is 3.36. The number of rotatable bonds is 8. The summed E-state index contributed by atoms with van der Waals surface area (Å²) in [6.45, 7) is 3.61. The van der Waals surface area contributed by atoms with Crippen LogP contribution in [0.2, 0.25) is 0 Å². The van der Waals surface area contributed by atoms with Crippen LogP contribution in [0.4, 0.5) is 13.2 Å². The lowest BCUT2D eigenvalue weighted by Gasteiger charge is -2.32. The molecule has 168 valence electrons. The Labute approximate surface area is 190 Å². The van der Waals surface area contributed by atoms with E-state index in [1.54, 1.807) is 18.2 Å². The number of amides is 1. The third kappa shape index (κ3) is 7.65. The van der Waals surface area contributed by atoms with Crippen molar-refractivity contribution in [3.8, 4) is 0 Å². The summed E-state index contributed by atoms with van der Waals surface area (Å²) in [5, 5.41) is 2.95. The standard InChI is InChI=1S/C24H28BrF3N2O/c25-22-8-6-20(7-9-22)23(31)29-12-1-2-13-30-14-10-18(11-15-30)16-19-4-3-5-21(17-19)24(26,27)28/h3-9,17-18H,1-2,10-16H2,(H,29,31). The number of alkyl halides is 3. The third-order valence-corrected chi connectivity index (χ3v) is 6.31. The van der Waals surface area contributed by atoms with Crippen molar-refractivity contribution in [2.75, 3.05) is 26.2 Å². The molecule has 0 aromatic heterocycles. The van der Waals surface area contributed by atoms with Crippen LogP contribution in [0.15, 0.2) is 53.0 Å². The van der Waals surface area contributed by atoms with Crippen LogP contribution in [0.25, 0.3) is 0 Å². The summed E-state index contributed by atoms with van der Waals surface area (Å²) < 4.78 is 39.6. The minimum atomic E-state index is -4.28. The minimum Gasteiger partial charge on any atom is -0.352 e. The summed E-state index contributed by atoms with van der Waals surface area (Å²) in [7, 11) is 0. The number of likely N-dealkylation sites (tertiary alicyclic amines) is 1. The van der Waals surface area contributed by atoms with Gasteiger partial charge in [0.2, 0.25) is 0 Å². The molecule has 1 fully saturated rings. The SMILES string of the molecule is O=C(NCCCCN1CCC(Cc2cccc(C(F)(F)F)c2)CC1)c1ccc(Br)cc1. The Bertz CT molecular complexity index is 847. The Hall–Kier alpha value is -1.86. The zero-order valence-electron chi connectivity index (χ0n) is 17.4. The van der Waals surface area contributed by atoms with Gasteiger partial charge in [-0.25, -0.2) is 0 Å². The summed E-state index contributed by atoms with van der Waals surface area (Å²) in [5.41, 5.74) is 0.871. The van der Waals surface area contributed by atoms with Gasteiger partial charge in [-0.1, -0.05) is 34.1 Å². The zero-order chi connectivity index (χ0) is 22.3. The molecule has 0 aliphatic carbocycles. The molecule has 2 aromatic rings. The van der Waals surface area contributed by atoms with Crippen LogP contribution < -0.4 is 5.32 Å². The van der Waals surface area contributed by atoms with Crippen molar-refractivity contribution in [3.05, 3.63) is 69.7 Å². The Morgan fingerprint density at radius 3 is 2.45 bits per heavy atom. The fourth-order valence-electron chi connectivity index (χ4n) is 3.99. The van der Waals surface area contributed by atoms with E-state index in [0.29, 0.717) is 24.4 Å². The van der Waals surface area contributed by atoms with Crippen LogP contribution >= 0.6 is 15.9 Å². The molecule has 31 heavy (non-hydrogen) atoms. The molecule has 1 N–H and O–H groups in total. The van der Waals surface area contributed by atoms with Crippen LogP contribution in [0.5, 0.6) is 0 Å². The summed E-state index contributed by atoms with van der Waals surface area (Å²) in [6.07, 6.45) is 0.384. The summed E-state index contributed by atoms with van der Waals surface area (Å²) in [4.78, 5) is 14.5. The highest BCUT2D eigenvalue weighted by atomic mass is 79.9. The topological polar surface area (TPSA) is 32.3 Å². The molecule has 0 radical (unpaired) electrons. The van der Waals surface area contributed by atoms with E-state index in [2.05, 4.69) is 26.1 Å². The number of halogens is 4. The van der Waals surface area contributed by atoms with Gasteiger partial charge in [-0.05, 0) is 93.6 Å². The summed E-state index contributed by atoms with van der Waals surface area (Å²) in [5.74, 6) is 0.382. The number of hydrogen-bond acceptors (Lipinski definition) is 2. The average molecular weight is 497 g/mol. The van der Waals surface area contributed by atoms with Crippen LogP contribution in [0.3, 0.4) is 0 Å². The zero-order valence-corrected chi connectivity index (χ0v) is 19.0. The highest BCUT2D eigenvalue weighted by molar-refractivity contribution is 9.10. The van der Waals surface area contributed by atoms with Crippen molar-refractivity contribution in [2.24, 2.45) is 5.92 Å². The normalized spacial score (nSPS) is 15.7. The number of carbonyl (C=O) groups is 1. The van der Waals surface area contributed by atoms with Gasteiger partial charge in [0.1, 0.15) is 0 Å². The molecule has 2 aromatic carbocycles.